The molecule has 0 saturated heterocycles. The smallest absolute Gasteiger partial charge is 0.219 e. The molecular formula is C20H22BrN3O. The summed E-state index contributed by atoms with van der Waals surface area (Å²) in [5.41, 5.74) is 8.80. The zero-order valence-electron chi connectivity index (χ0n) is 14.4. The molecular weight excluding hydrogens is 378 g/mol. The zero-order chi connectivity index (χ0) is 17.8. The summed E-state index contributed by atoms with van der Waals surface area (Å²) in [6.45, 7) is 4.86. The fraction of sp³-hybridized carbons (Fsp3) is 0.250. The molecule has 0 saturated carbocycles. The van der Waals surface area contributed by atoms with Gasteiger partial charge in [-0.1, -0.05) is 6.07 Å². The quantitative estimate of drug-likeness (QED) is 0.604. The number of nitrogens with two attached hydrogens (primary N) is 1. The van der Waals surface area contributed by atoms with E-state index in [9.17, 15) is 0 Å². The molecule has 0 spiro atoms. The van der Waals surface area contributed by atoms with Gasteiger partial charge in [0, 0.05) is 23.2 Å². The third-order valence-electron chi connectivity index (χ3n) is 3.76. The van der Waals surface area contributed by atoms with Crippen molar-refractivity contribution in [2.45, 2.75) is 26.3 Å². The van der Waals surface area contributed by atoms with E-state index in [-0.39, 0.29) is 0 Å². The predicted octanol–water partition coefficient (Wildman–Crippen LogP) is 5.11. The van der Waals surface area contributed by atoms with Gasteiger partial charge in [0.2, 0.25) is 5.88 Å². The van der Waals surface area contributed by atoms with Gasteiger partial charge in [0.25, 0.3) is 0 Å². The van der Waals surface area contributed by atoms with E-state index in [0.29, 0.717) is 18.5 Å². The number of hydrogen-bond acceptors (Lipinski definition) is 4. The first-order valence-corrected chi connectivity index (χ1v) is 9.18. The van der Waals surface area contributed by atoms with Gasteiger partial charge in [-0.3, -0.25) is 0 Å². The second-order valence-electron chi connectivity index (χ2n) is 6.26. The summed E-state index contributed by atoms with van der Waals surface area (Å²) in [6.07, 6.45) is 0.873. The Morgan fingerprint density at radius 2 is 1.96 bits per heavy atom. The van der Waals surface area contributed by atoms with E-state index in [0.717, 1.165) is 33.2 Å². The molecule has 1 heterocycles. The highest BCUT2D eigenvalue weighted by atomic mass is 79.9. The van der Waals surface area contributed by atoms with Gasteiger partial charge in [0.05, 0.1) is 9.99 Å². The summed E-state index contributed by atoms with van der Waals surface area (Å²) in [5, 5.41) is 4.46. The van der Waals surface area contributed by atoms with Gasteiger partial charge >= 0.3 is 0 Å². The molecule has 1 aromatic heterocycles. The molecule has 0 atom stereocenters. The Morgan fingerprint density at radius 1 is 1.12 bits per heavy atom. The van der Waals surface area contributed by atoms with Gasteiger partial charge in [-0.05, 0) is 84.7 Å². The average Bonchev–Trinajstić information content (AvgIpc) is 2.57. The van der Waals surface area contributed by atoms with Crippen molar-refractivity contribution in [1.29, 1.82) is 0 Å². The highest BCUT2D eigenvalue weighted by Crippen LogP contribution is 2.32. The normalized spacial score (nSPS) is 11.1. The molecule has 5 heteroatoms. The van der Waals surface area contributed by atoms with E-state index in [4.69, 9.17) is 10.5 Å². The van der Waals surface area contributed by atoms with Crippen LogP contribution < -0.4 is 15.8 Å². The molecule has 0 bridgehead atoms. The van der Waals surface area contributed by atoms with Crippen LogP contribution >= 0.6 is 15.9 Å². The van der Waals surface area contributed by atoms with Gasteiger partial charge in [0.1, 0.15) is 5.75 Å². The summed E-state index contributed by atoms with van der Waals surface area (Å²) < 4.78 is 6.84. The van der Waals surface area contributed by atoms with Crippen LogP contribution in [-0.2, 0) is 6.42 Å². The Labute approximate surface area is 156 Å². The molecule has 0 unspecified atom stereocenters. The Balaban J connectivity index is 1.81. The van der Waals surface area contributed by atoms with Crippen LogP contribution in [0.1, 0.15) is 19.4 Å². The molecule has 0 aliphatic carbocycles. The van der Waals surface area contributed by atoms with Crippen molar-refractivity contribution in [2.75, 3.05) is 11.9 Å². The first-order chi connectivity index (χ1) is 12.0. The molecule has 2 aromatic carbocycles. The lowest BCUT2D eigenvalue weighted by Crippen LogP contribution is -2.09. The summed E-state index contributed by atoms with van der Waals surface area (Å²) in [7, 11) is 0. The van der Waals surface area contributed by atoms with Crippen molar-refractivity contribution in [2.24, 2.45) is 5.73 Å². The zero-order valence-corrected chi connectivity index (χ0v) is 16.0. The largest absolute Gasteiger partial charge is 0.438 e. The highest BCUT2D eigenvalue weighted by molar-refractivity contribution is 9.10. The third-order valence-corrected chi connectivity index (χ3v) is 4.38. The van der Waals surface area contributed by atoms with Crippen LogP contribution in [0.25, 0.3) is 10.9 Å². The SMILES string of the molecule is CC(C)Nc1ccc(Oc2ccc3cc(CCN)ccc3n2)c(Br)c1. The number of nitrogens with one attached hydrogen (secondary N) is 1. The second-order valence-corrected chi connectivity index (χ2v) is 7.12. The lowest BCUT2D eigenvalue weighted by atomic mass is 10.1. The summed E-state index contributed by atoms with van der Waals surface area (Å²) in [6, 6.07) is 16.4. The molecule has 0 fully saturated rings. The monoisotopic (exact) mass is 399 g/mol. The number of anilines is 1. The minimum absolute atomic E-state index is 0.380. The number of halogens is 1. The molecule has 4 nitrogen and oxygen atoms in total. The summed E-state index contributed by atoms with van der Waals surface area (Å²) in [5.74, 6) is 1.31. The number of ether oxygens (including phenoxy) is 1. The van der Waals surface area contributed by atoms with E-state index < -0.39 is 0 Å². The van der Waals surface area contributed by atoms with Crippen molar-refractivity contribution in [3.63, 3.8) is 0 Å². The van der Waals surface area contributed by atoms with E-state index in [2.05, 4.69) is 52.2 Å². The fourth-order valence-electron chi connectivity index (χ4n) is 2.65. The molecule has 0 radical (unpaired) electrons. The molecule has 0 aliphatic heterocycles. The van der Waals surface area contributed by atoms with Crippen molar-refractivity contribution < 1.29 is 4.74 Å². The van der Waals surface area contributed by atoms with Crippen LogP contribution in [0.4, 0.5) is 5.69 Å². The topological polar surface area (TPSA) is 60.2 Å². The number of nitrogens with zero attached hydrogens (tertiary/aromatic N) is 1. The number of hydrogen-bond donors (Lipinski definition) is 2. The fourth-order valence-corrected chi connectivity index (χ4v) is 3.11. The van der Waals surface area contributed by atoms with Crippen molar-refractivity contribution in [3.05, 3.63) is 58.6 Å². The Bertz CT molecular complexity index is 880. The van der Waals surface area contributed by atoms with E-state index in [1.165, 1.54) is 5.56 Å². The Kier molecular flexibility index (Phi) is 5.56. The average molecular weight is 400 g/mol. The standard InChI is InChI=1S/C20H22BrN3O/c1-13(2)23-16-5-7-19(17(21)12-16)25-20-8-4-15-11-14(9-10-22)3-6-18(15)24-20/h3-8,11-13,23H,9-10,22H2,1-2H3. The first kappa shape index (κ1) is 17.7. The molecule has 0 amide bonds. The van der Waals surface area contributed by atoms with E-state index in [1.807, 2.05) is 36.4 Å². The van der Waals surface area contributed by atoms with E-state index >= 15 is 0 Å². The van der Waals surface area contributed by atoms with Gasteiger partial charge in [-0.2, -0.15) is 0 Å². The number of aromatic nitrogens is 1. The van der Waals surface area contributed by atoms with Crippen LogP contribution in [0.5, 0.6) is 11.6 Å². The number of fused-ring (bicyclic) bond motifs is 1. The minimum atomic E-state index is 0.380. The third kappa shape index (κ3) is 4.50. The second kappa shape index (κ2) is 7.85. The Morgan fingerprint density at radius 3 is 2.68 bits per heavy atom. The predicted molar refractivity (Wildman–Crippen MR) is 107 cm³/mol. The van der Waals surface area contributed by atoms with Gasteiger partial charge in [-0.15, -0.1) is 0 Å². The van der Waals surface area contributed by atoms with Crippen LogP contribution in [0.15, 0.2) is 53.0 Å². The minimum Gasteiger partial charge on any atom is -0.438 e. The number of benzene rings is 2. The first-order valence-electron chi connectivity index (χ1n) is 8.39. The lowest BCUT2D eigenvalue weighted by Gasteiger charge is -2.13. The number of pyridine rings is 1. The molecule has 3 aromatic rings. The maximum absolute atomic E-state index is 5.95. The van der Waals surface area contributed by atoms with Crippen LogP contribution in [0.3, 0.4) is 0 Å². The highest BCUT2D eigenvalue weighted by Gasteiger charge is 2.07. The van der Waals surface area contributed by atoms with Gasteiger partial charge in [-0.25, -0.2) is 4.98 Å². The van der Waals surface area contributed by atoms with Crippen LogP contribution in [0, 0.1) is 0 Å². The molecule has 130 valence electrons. The van der Waals surface area contributed by atoms with Crippen LogP contribution in [0.2, 0.25) is 0 Å². The van der Waals surface area contributed by atoms with E-state index in [1.54, 1.807) is 0 Å². The summed E-state index contributed by atoms with van der Waals surface area (Å²) >= 11 is 3.57. The number of rotatable bonds is 6. The van der Waals surface area contributed by atoms with Crippen molar-refractivity contribution in [3.8, 4) is 11.6 Å². The molecule has 25 heavy (non-hydrogen) atoms. The van der Waals surface area contributed by atoms with Gasteiger partial charge < -0.3 is 15.8 Å². The maximum Gasteiger partial charge on any atom is 0.219 e. The Hall–Kier alpha value is -2.11. The molecule has 0 aliphatic rings. The maximum atomic E-state index is 5.95. The summed E-state index contributed by atoms with van der Waals surface area (Å²) in [4.78, 5) is 4.59. The lowest BCUT2D eigenvalue weighted by molar-refractivity contribution is 0.462. The van der Waals surface area contributed by atoms with Gasteiger partial charge in [0.15, 0.2) is 0 Å². The van der Waals surface area contributed by atoms with Crippen molar-refractivity contribution in [1.82, 2.24) is 4.98 Å². The molecule has 3 N–H and O–H groups in total. The molecule has 3 rings (SSSR count). The van der Waals surface area contributed by atoms with Crippen molar-refractivity contribution >= 4 is 32.5 Å². The van der Waals surface area contributed by atoms with Crippen LogP contribution in [-0.4, -0.2) is 17.6 Å².